The van der Waals surface area contributed by atoms with Crippen LogP contribution in [0.3, 0.4) is 0 Å². The average Bonchev–Trinajstić information content (AvgIpc) is 2.74. The van der Waals surface area contributed by atoms with Crippen molar-refractivity contribution in [3.8, 4) is 0 Å². The Balaban J connectivity index is 1.66. The van der Waals surface area contributed by atoms with Crippen LogP contribution in [0.1, 0.15) is 77.0 Å². The number of aliphatic hydroxyl groups is 1. The van der Waals surface area contributed by atoms with Crippen molar-refractivity contribution >= 4 is 0 Å². The van der Waals surface area contributed by atoms with Crippen molar-refractivity contribution in [1.29, 1.82) is 0 Å². The van der Waals surface area contributed by atoms with Crippen LogP contribution in [0.5, 0.6) is 0 Å². The molecule has 3 atom stereocenters. The van der Waals surface area contributed by atoms with Gasteiger partial charge in [0, 0.05) is 18.0 Å². The molecule has 19 heavy (non-hydrogen) atoms. The number of likely N-dealkylation sites (tertiary alicyclic amines) is 1. The van der Waals surface area contributed by atoms with Gasteiger partial charge in [0.1, 0.15) is 0 Å². The fraction of sp³-hybridized carbons (Fsp3) is 1.00. The van der Waals surface area contributed by atoms with Gasteiger partial charge in [0.05, 0.1) is 6.10 Å². The van der Waals surface area contributed by atoms with E-state index in [-0.39, 0.29) is 6.10 Å². The number of nitrogens with zero attached hydrogens (tertiary/aromatic N) is 1. The summed E-state index contributed by atoms with van der Waals surface area (Å²) in [6, 6.07) is 1.54. The predicted molar refractivity (Wildman–Crippen MR) is 79.2 cm³/mol. The molecule has 1 N–H and O–H groups in total. The molecule has 0 aromatic rings. The Labute approximate surface area is 118 Å². The third kappa shape index (κ3) is 3.16. The summed E-state index contributed by atoms with van der Waals surface area (Å²) in [6.07, 6.45) is 16.2. The van der Waals surface area contributed by atoms with E-state index in [9.17, 15) is 5.11 Å². The minimum atomic E-state index is -0.00914. The van der Waals surface area contributed by atoms with Crippen LogP contribution in [0.15, 0.2) is 0 Å². The molecule has 1 aliphatic heterocycles. The van der Waals surface area contributed by atoms with Gasteiger partial charge in [0.2, 0.25) is 0 Å². The molecule has 2 aliphatic carbocycles. The largest absolute Gasteiger partial charge is 0.393 e. The minimum absolute atomic E-state index is 0.00914. The number of hydrogen-bond donors (Lipinski definition) is 1. The van der Waals surface area contributed by atoms with Crippen molar-refractivity contribution in [3.05, 3.63) is 0 Å². The lowest BCUT2D eigenvalue weighted by molar-refractivity contribution is 0.00824. The molecule has 3 rings (SSSR count). The highest BCUT2D eigenvalue weighted by molar-refractivity contribution is 4.93. The second-order valence-corrected chi connectivity index (χ2v) is 7.11. The maximum atomic E-state index is 10.4. The number of hydrogen-bond acceptors (Lipinski definition) is 2. The highest BCUT2D eigenvalue weighted by Crippen LogP contribution is 2.37. The third-order valence-corrected chi connectivity index (χ3v) is 5.91. The molecule has 3 fully saturated rings. The Morgan fingerprint density at radius 2 is 1.37 bits per heavy atom. The second kappa shape index (κ2) is 6.58. The van der Waals surface area contributed by atoms with Crippen LogP contribution in [-0.2, 0) is 0 Å². The second-order valence-electron chi connectivity index (χ2n) is 7.11. The van der Waals surface area contributed by atoms with Crippen LogP contribution in [0, 0.1) is 5.92 Å². The highest BCUT2D eigenvalue weighted by atomic mass is 16.3. The predicted octanol–water partition coefficient (Wildman–Crippen LogP) is 3.72. The molecule has 2 heteroatoms. The third-order valence-electron chi connectivity index (χ3n) is 5.91. The van der Waals surface area contributed by atoms with Crippen LogP contribution in [-0.4, -0.2) is 34.7 Å². The summed E-state index contributed by atoms with van der Waals surface area (Å²) < 4.78 is 0. The molecule has 3 aliphatic rings. The van der Waals surface area contributed by atoms with E-state index in [0.29, 0.717) is 12.0 Å². The topological polar surface area (TPSA) is 23.5 Å². The molecular weight excluding hydrogens is 234 g/mol. The van der Waals surface area contributed by atoms with Crippen LogP contribution in [0.2, 0.25) is 0 Å². The molecule has 3 unspecified atom stereocenters. The molecule has 0 spiro atoms. The molecule has 110 valence electrons. The molecule has 1 heterocycles. The zero-order chi connectivity index (χ0) is 13.1. The van der Waals surface area contributed by atoms with Gasteiger partial charge in [0.15, 0.2) is 0 Å². The van der Waals surface area contributed by atoms with Gasteiger partial charge in [-0.05, 0) is 45.1 Å². The van der Waals surface area contributed by atoms with Crippen LogP contribution in [0.25, 0.3) is 0 Å². The van der Waals surface area contributed by atoms with Gasteiger partial charge in [-0.3, -0.25) is 4.90 Å². The van der Waals surface area contributed by atoms with E-state index >= 15 is 0 Å². The number of aliphatic hydroxyl groups excluding tert-OH is 1. The molecule has 2 nitrogen and oxygen atoms in total. The van der Waals surface area contributed by atoms with Crippen LogP contribution >= 0.6 is 0 Å². The molecule has 1 saturated heterocycles. The zero-order valence-electron chi connectivity index (χ0n) is 12.4. The van der Waals surface area contributed by atoms with E-state index in [4.69, 9.17) is 0 Å². The first-order valence-electron chi connectivity index (χ1n) is 8.80. The summed E-state index contributed by atoms with van der Waals surface area (Å²) in [5.41, 5.74) is 0. The van der Waals surface area contributed by atoms with E-state index in [0.717, 1.165) is 12.5 Å². The molecule has 0 radical (unpaired) electrons. The maximum absolute atomic E-state index is 10.4. The van der Waals surface area contributed by atoms with Crippen LogP contribution < -0.4 is 0 Å². The summed E-state index contributed by atoms with van der Waals surface area (Å²) in [4.78, 5) is 2.82. The first-order chi connectivity index (χ1) is 9.36. The van der Waals surface area contributed by atoms with E-state index in [1.54, 1.807) is 0 Å². The Morgan fingerprint density at radius 3 is 2.11 bits per heavy atom. The van der Waals surface area contributed by atoms with Gasteiger partial charge in [-0.15, -0.1) is 0 Å². The summed E-state index contributed by atoms with van der Waals surface area (Å²) in [7, 11) is 0. The molecule has 0 amide bonds. The lowest BCUT2D eigenvalue weighted by atomic mass is 9.80. The van der Waals surface area contributed by atoms with E-state index in [2.05, 4.69) is 4.90 Å². The highest BCUT2D eigenvalue weighted by Gasteiger charge is 2.39. The van der Waals surface area contributed by atoms with Crippen molar-refractivity contribution in [1.82, 2.24) is 4.90 Å². The molecular formula is C17H31NO. The Kier molecular flexibility index (Phi) is 4.81. The first kappa shape index (κ1) is 13.9. The van der Waals surface area contributed by atoms with Crippen LogP contribution in [0.4, 0.5) is 0 Å². The molecule has 0 aromatic carbocycles. The van der Waals surface area contributed by atoms with Crippen molar-refractivity contribution in [2.24, 2.45) is 5.92 Å². The minimum Gasteiger partial charge on any atom is -0.393 e. The van der Waals surface area contributed by atoms with Crippen molar-refractivity contribution in [2.45, 2.75) is 95.2 Å². The summed E-state index contributed by atoms with van der Waals surface area (Å²) in [6.45, 7) is 1.30. The van der Waals surface area contributed by atoms with Gasteiger partial charge in [0.25, 0.3) is 0 Å². The van der Waals surface area contributed by atoms with Gasteiger partial charge in [-0.25, -0.2) is 0 Å². The van der Waals surface area contributed by atoms with Gasteiger partial charge in [-0.2, -0.15) is 0 Å². The number of rotatable bonds is 2. The molecule has 0 aromatic heterocycles. The lowest BCUT2D eigenvalue weighted by Crippen LogP contribution is -2.47. The summed E-state index contributed by atoms with van der Waals surface area (Å²) in [5, 5.41) is 10.4. The quantitative estimate of drug-likeness (QED) is 0.769. The zero-order valence-corrected chi connectivity index (χ0v) is 12.4. The Morgan fingerprint density at radius 1 is 0.684 bits per heavy atom. The smallest absolute Gasteiger partial charge is 0.0583 e. The van der Waals surface area contributed by atoms with E-state index in [1.807, 2.05) is 0 Å². The van der Waals surface area contributed by atoms with Gasteiger partial charge < -0.3 is 5.11 Å². The molecule has 2 saturated carbocycles. The fourth-order valence-electron chi connectivity index (χ4n) is 4.91. The normalized spacial score (nSPS) is 39.3. The average molecular weight is 265 g/mol. The summed E-state index contributed by atoms with van der Waals surface area (Å²) in [5.74, 6) is 0.583. The standard InChI is InChI=1S/C17H31NO/c19-17-12-6-5-10-15(17)16-11-7-13-18(16)14-8-3-1-2-4-9-14/h14-17,19H,1-13H2. The summed E-state index contributed by atoms with van der Waals surface area (Å²) >= 11 is 0. The van der Waals surface area contributed by atoms with E-state index in [1.165, 1.54) is 77.2 Å². The van der Waals surface area contributed by atoms with Crippen molar-refractivity contribution in [2.75, 3.05) is 6.54 Å². The van der Waals surface area contributed by atoms with E-state index < -0.39 is 0 Å². The molecule has 0 bridgehead atoms. The van der Waals surface area contributed by atoms with Crippen molar-refractivity contribution < 1.29 is 5.11 Å². The van der Waals surface area contributed by atoms with Gasteiger partial charge in [-0.1, -0.05) is 38.5 Å². The van der Waals surface area contributed by atoms with Crippen molar-refractivity contribution in [3.63, 3.8) is 0 Å². The van der Waals surface area contributed by atoms with Gasteiger partial charge >= 0.3 is 0 Å². The first-order valence-corrected chi connectivity index (χ1v) is 8.80. The SMILES string of the molecule is OC1CCCCC1C1CCCN1C1CCCCCC1. The Bertz CT molecular complexity index is 272. The maximum Gasteiger partial charge on any atom is 0.0583 e. The Hall–Kier alpha value is -0.0800. The lowest BCUT2D eigenvalue weighted by Gasteiger charge is -2.40. The monoisotopic (exact) mass is 265 g/mol. The fourth-order valence-corrected chi connectivity index (χ4v) is 4.91.